The molecule has 1 aromatic rings. The van der Waals surface area contributed by atoms with Crippen LogP contribution >= 0.6 is 0 Å². The van der Waals surface area contributed by atoms with Gasteiger partial charge in [-0.3, -0.25) is 4.68 Å². The maximum Gasteiger partial charge on any atom is 0.322 e. The maximum absolute atomic E-state index is 12.6. The summed E-state index contributed by atoms with van der Waals surface area (Å²) in [5, 5.41) is 7.55. The van der Waals surface area contributed by atoms with Gasteiger partial charge in [-0.25, -0.2) is 4.79 Å². The highest BCUT2D eigenvalue weighted by atomic mass is 16.5. The summed E-state index contributed by atoms with van der Waals surface area (Å²) >= 11 is 0. The van der Waals surface area contributed by atoms with E-state index in [1.807, 2.05) is 18.1 Å². The van der Waals surface area contributed by atoms with Crippen molar-refractivity contribution in [3.05, 3.63) is 11.9 Å². The SMILES string of the molecule is CCC1CN(C(=O)Nc2cn(C)nc2C2CC2)CC(CC)O1. The fourth-order valence-electron chi connectivity index (χ4n) is 3.00. The van der Waals surface area contributed by atoms with Gasteiger partial charge < -0.3 is 15.0 Å². The molecule has 3 rings (SSSR count). The first-order chi connectivity index (χ1) is 10.6. The van der Waals surface area contributed by atoms with Crippen molar-refractivity contribution in [2.45, 2.75) is 57.7 Å². The van der Waals surface area contributed by atoms with Crippen molar-refractivity contribution in [2.75, 3.05) is 18.4 Å². The fraction of sp³-hybridized carbons (Fsp3) is 0.750. The van der Waals surface area contributed by atoms with E-state index in [1.165, 1.54) is 12.8 Å². The van der Waals surface area contributed by atoms with Gasteiger partial charge in [-0.2, -0.15) is 5.10 Å². The Bertz CT molecular complexity index is 526. The summed E-state index contributed by atoms with van der Waals surface area (Å²) in [7, 11) is 1.90. The summed E-state index contributed by atoms with van der Waals surface area (Å²) in [6.45, 7) is 5.53. The molecule has 1 aromatic heterocycles. The molecule has 0 bridgehead atoms. The lowest BCUT2D eigenvalue weighted by Gasteiger charge is -2.37. The molecule has 0 aromatic carbocycles. The Labute approximate surface area is 131 Å². The second kappa shape index (κ2) is 6.28. The number of anilines is 1. The van der Waals surface area contributed by atoms with Crippen LogP contribution in [0, 0.1) is 0 Å². The third-order valence-corrected chi connectivity index (χ3v) is 4.49. The molecule has 0 radical (unpaired) electrons. The predicted octanol–water partition coefficient (Wildman–Crippen LogP) is 2.72. The topological polar surface area (TPSA) is 59.4 Å². The molecule has 6 heteroatoms. The van der Waals surface area contributed by atoms with Gasteiger partial charge in [0.15, 0.2) is 0 Å². The first-order valence-corrected chi connectivity index (χ1v) is 8.35. The molecule has 6 nitrogen and oxygen atoms in total. The van der Waals surface area contributed by atoms with Crippen molar-refractivity contribution in [2.24, 2.45) is 7.05 Å². The van der Waals surface area contributed by atoms with Gasteiger partial charge in [-0.05, 0) is 25.7 Å². The van der Waals surface area contributed by atoms with Crippen LogP contribution in [0.3, 0.4) is 0 Å². The summed E-state index contributed by atoms with van der Waals surface area (Å²) in [5.74, 6) is 0.521. The Morgan fingerprint density at radius 2 is 1.95 bits per heavy atom. The molecule has 0 spiro atoms. The second-order valence-corrected chi connectivity index (χ2v) is 6.41. The van der Waals surface area contributed by atoms with Gasteiger partial charge in [0.25, 0.3) is 0 Å². The molecular weight excluding hydrogens is 280 g/mol. The lowest BCUT2D eigenvalue weighted by molar-refractivity contribution is -0.0729. The van der Waals surface area contributed by atoms with Gasteiger partial charge in [0.1, 0.15) is 0 Å². The summed E-state index contributed by atoms with van der Waals surface area (Å²) in [6.07, 6.45) is 6.39. The van der Waals surface area contributed by atoms with Gasteiger partial charge >= 0.3 is 6.03 Å². The molecular formula is C16H26N4O2. The number of carbonyl (C=O) groups excluding carboxylic acids is 1. The van der Waals surface area contributed by atoms with E-state index in [2.05, 4.69) is 24.3 Å². The summed E-state index contributed by atoms with van der Waals surface area (Å²) in [6, 6.07) is -0.0323. The Morgan fingerprint density at radius 1 is 1.32 bits per heavy atom. The number of nitrogens with zero attached hydrogens (tertiary/aromatic N) is 3. The molecule has 1 saturated carbocycles. The van der Waals surface area contributed by atoms with Crippen LogP contribution in [0.4, 0.5) is 10.5 Å². The van der Waals surface area contributed by atoms with Crippen LogP contribution in [0.25, 0.3) is 0 Å². The minimum atomic E-state index is -0.0323. The first kappa shape index (κ1) is 15.3. The zero-order chi connectivity index (χ0) is 15.7. The van der Waals surface area contributed by atoms with Crippen LogP contribution in [-0.2, 0) is 11.8 Å². The average Bonchev–Trinajstić information content (AvgIpc) is 3.30. The Morgan fingerprint density at radius 3 is 2.50 bits per heavy atom. The van der Waals surface area contributed by atoms with Gasteiger partial charge in [0, 0.05) is 32.3 Å². The fourth-order valence-corrected chi connectivity index (χ4v) is 3.00. The van der Waals surface area contributed by atoms with E-state index in [9.17, 15) is 4.79 Å². The third kappa shape index (κ3) is 3.27. The van der Waals surface area contributed by atoms with Crippen molar-refractivity contribution in [3.63, 3.8) is 0 Å². The molecule has 1 aliphatic heterocycles. The number of hydrogen-bond acceptors (Lipinski definition) is 3. The zero-order valence-electron chi connectivity index (χ0n) is 13.7. The molecule has 22 heavy (non-hydrogen) atoms. The van der Waals surface area contributed by atoms with Crippen molar-refractivity contribution in [3.8, 4) is 0 Å². The maximum atomic E-state index is 12.6. The summed E-state index contributed by atoms with van der Waals surface area (Å²) < 4.78 is 7.74. The summed E-state index contributed by atoms with van der Waals surface area (Å²) in [5.41, 5.74) is 1.89. The smallest absolute Gasteiger partial charge is 0.322 e. The number of urea groups is 1. The number of ether oxygens (including phenoxy) is 1. The molecule has 2 unspecified atom stereocenters. The number of hydrogen-bond donors (Lipinski definition) is 1. The van der Waals surface area contributed by atoms with E-state index >= 15 is 0 Å². The Balaban J connectivity index is 1.68. The standard InChI is InChI=1S/C16H26N4O2/c1-4-12-8-20(9-13(5-2)22-12)16(21)17-14-10-19(3)18-15(14)11-6-7-11/h10-13H,4-9H2,1-3H3,(H,17,21). The van der Waals surface area contributed by atoms with E-state index in [0.717, 1.165) is 24.2 Å². The van der Waals surface area contributed by atoms with Gasteiger partial charge in [0.05, 0.1) is 23.6 Å². The lowest BCUT2D eigenvalue weighted by atomic mass is 10.1. The van der Waals surface area contributed by atoms with Gasteiger partial charge in [-0.15, -0.1) is 0 Å². The monoisotopic (exact) mass is 306 g/mol. The molecule has 1 aliphatic carbocycles. The van der Waals surface area contributed by atoms with Crippen molar-refractivity contribution in [1.82, 2.24) is 14.7 Å². The second-order valence-electron chi connectivity index (χ2n) is 6.41. The minimum Gasteiger partial charge on any atom is -0.371 e. The number of morpholine rings is 1. The third-order valence-electron chi connectivity index (χ3n) is 4.49. The number of nitrogens with one attached hydrogen (secondary N) is 1. The van der Waals surface area contributed by atoms with Crippen molar-refractivity contribution in [1.29, 1.82) is 0 Å². The number of carbonyl (C=O) groups is 1. The molecule has 2 atom stereocenters. The number of amides is 2. The van der Waals surface area contributed by atoms with Gasteiger partial charge in [0.2, 0.25) is 0 Å². The quantitative estimate of drug-likeness (QED) is 0.930. The van der Waals surface area contributed by atoms with Crippen LogP contribution in [0.15, 0.2) is 6.20 Å². The number of rotatable bonds is 4. The van der Waals surface area contributed by atoms with Crippen LogP contribution in [0.1, 0.15) is 51.1 Å². The Kier molecular flexibility index (Phi) is 4.38. The molecule has 2 amide bonds. The van der Waals surface area contributed by atoms with Crippen molar-refractivity contribution >= 4 is 11.7 Å². The molecule has 2 heterocycles. The largest absolute Gasteiger partial charge is 0.371 e. The summed E-state index contributed by atoms with van der Waals surface area (Å²) in [4.78, 5) is 14.5. The van der Waals surface area contributed by atoms with Crippen LogP contribution in [-0.4, -0.2) is 46.0 Å². The first-order valence-electron chi connectivity index (χ1n) is 8.35. The predicted molar refractivity (Wildman–Crippen MR) is 85.0 cm³/mol. The van der Waals surface area contributed by atoms with Gasteiger partial charge in [-0.1, -0.05) is 13.8 Å². The normalized spacial score (nSPS) is 25.3. The van der Waals surface area contributed by atoms with Crippen LogP contribution < -0.4 is 5.32 Å². The lowest BCUT2D eigenvalue weighted by Crippen LogP contribution is -2.51. The van der Waals surface area contributed by atoms with Crippen LogP contribution in [0.5, 0.6) is 0 Å². The number of aromatic nitrogens is 2. The molecule has 1 saturated heterocycles. The van der Waals surface area contributed by atoms with E-state index in [1.54, 1.807) is 4.68 Å². The molecule has 1 N–H and O–H groups in total. The van der Waals surface area contributed by atoms with E-state index in [4.69, 9.17) is 4.74 Å². The van der Waals surface area contributed by atoms with Crippen LogP contribution in [0.2, 0.25) is 0 Å². The van der Waals surface area contributed by atoms with E-state index in [-0.39, 0.29) is 18.2 Å². The van der Waals surface area contributed by atoms with Crippen molar-refractivity contribution < 1.29 is 9.53 Å². The average molecular weight is 306 g/mol. The zero-order valence-corrected chi connectivity index (χ0v) is 13.7. The minimum absolute atomic E-state index is 0.0323. The number of aryl methyl sites for hydroxylation is 1. The Hall–Kier alpha value is -1.56. The molecule has 2 fully saturated rings. The highest BCUT2D eigenvalue weighted by Crippen LogP contribution is 2.42. The van der Waals surface area contributed by atoms with E-state index in [0.29, 0.717) is 19.0 Å². The molecule has 2 aliphatic rings. The highest BCUT2D eigenvalue weighted by Gasteiger charge is 2.32. The molecule has 122 valence electrons. The highest BCUT2D eigenvalue weighted by molar-refractivity contribution is 5.90. The van der Waals surface area contributed by atoms with E-state index < -0.39 is 0 Å².